The van der Waals surface area contributed by atoms with Crippen LogP contribution in [0, 0.1) is 18.7 Å². The molecular formula is C20H23FN2O2. The van der Waals surface area contributed by atoms with Crippen LogP contribution in [0.5, 0.6) is 0 Å². The average molecular weight is 342 g/mol. The maximum absolute atomic E-state index is 13.7. The predicted octanol–water partition coefficient (Wildman–Crippen LogP) is 3.20. The maximum Gasteiger partial charge on any atom is 0.252 e. The molecule has 1 unspecified atom stereocenters. The van der Waals surface area contributed by atoms with Gasteiger partial charge in [-0.2, -0.15) is 0 Å². The first-order chi connectivity index (χ1) is 11.9. The van der Waals surface area contributed by atoms with Crippen molar-refractivity contribution in [3.63, 3.8) is 0 Å². The Morgan fingerprint density at radius 1 is 1.04 bits per heavy atom. The SMILES string of the molecule is Cc1ccccc1C(=O)NC(C(=O)NCc1ccccc1F)C(C)C. The van der Waals surface area contributed by atoms with Gasteiger partial charge in [0, 0.05) is 17.7 Å². The van der Waals surface area contributed by atoms with Gasteiger partial charge in [-0.1, -0.05) is 50.2 Å². The molecule has 0 bridgehead atoms. The summed E-state index contributed by atoms with van der Waals surface area (Å²) in [7, 11) is 0. The fraction of sp³-hybridized carbons (Fsp3) is 0.300. The van der Waals surface area contributed by atoms with Gasteiger partial charge >= 0.3 is 0 Å². The first-order valence-electron chi connectivity index (χ1n) is 8.27. The van der Waals surface area contributed by atoms with E-state index in [1.807, 2.05) is 32.9 Å². The van der Waals surface area contributed by atoms with E-state index in [1.54, 1.807) is 30.3 Å². The molecule has 0 radical (unpaired) electrons. The average Bonchev–Trinajstić information content (AvgIpc) is 2.58. The standard InChI is InChI=1S/C20H23FN2O2/c1-13(2)18(23-19(24)16-10-6-4-8-14(16)3)20(25)22-12-15-9-5-7-11-17(15)21/h4-11,13,18H,12H2,1-3H3,(H,22,25)(H,23,24). The minimum atomic E-state index is -0.695. The van der Waals surface area contributed by atoms with Crippen LogP contribution in [0.4, 0.5) is 4.39 Å². The number of benzene rings is 2. The van der Waals surface area contributed by atoms with Crippen LogP contribution >= 0.6 is 0 Å². The topological polar surface area (TPSA) is 58.2 Å². The van der Waals surface area contributed by atoms with Gasteiger partial charge in [-0.05, 0) is 30.5 Å². The number of carbonyl (C=O) groups is 2. The third-order valence-electron chi connectivity index (χ3n) is 4.04. The van der Waals surface area contributed by atoms with Crippen molar-refractivity contribution in [3.8, 4) is 0 Å². The second-order valence-corrected chi connectivity index (χ2v) is 6.32. The zero-order valence-corrected chi connectivity index (χ0v) is 14.7. The van der Waals surface area contributed by atoms with Crippen molar-refractivity contribution in [1.29, 1.82) is 0 Å². The van der Waals surface area contributed by atoms with E-state index in [9.17, 15) is 14.0 Å². The van der Waals surface area contributed by atoms with E-state index < -0.39 is 6.04 Å². The van der Waals surface area contributed by atoms with E-state index in [-0.39, 0.29) is 30.1 Å². The van der Waals surface area contributed by atoms with E-state index >= 15 is 0 Å². The molecule has 0 saturated heterocycles. The highest BCUT2D eigenvalue weighted by molar-refractivity contribution is 5.98. The quantitative estimate of drug-likeness (QED) is 0.847. The molecule has 0 spiro atoms. The number of amides is 2. The van der Waals surface area contributed by atoms with Crippen molar-refractivity contribution >= 4 is 11.8 Å². The van der Waals surface area contributed by atoms with Gasteiger partial charge < -0.3 is 10.6 Å². The predicted molar refractivity (Wildman–Crippen MR) is 95.5 cm³/mol. The number of rotatable bonds is 6. The molecule has 25 heavy (non-hydrogen) atoms. The van der Waals surface area contributed by atoms with Crippen LogP contribution in [0.3, 0.4) is 0 Å². The molecular weight excluding hydrogens is 319 g/mol. The summed E-state index contributed by atoms with van der Waals surface area (Å²) in [4.78, 5) is 24.9. The number of carbonyl (C=O) groups excluding carboxylic acids is 2. The van der Waals surface area contributed by atoms with Crippen molar-refractivity contribution < 1.29 is 14.0 Å². The fourth-order valence-corrected chi connectivity index (χ4v) is 2.52. The summed E-state index contributed by atoms with van der Waals surface area (Å²) >= 11 is 0. The lowest BCUT2D eigenvalue weighted by molar-refractivity contribution is -0.124. The lowest BCUT2D eigenvalue weighted by Crippen LogP contribution is -2.49. The Balaban J connectivity index is 2.04. The zero-order chi connectivity index (χ0) is 18.4. The molecule has 0 aliphatic heterocycles. The Bertz CT molecular complexity index is 759. The maximum atomic E-state index is 13.7. The van der Waals surface area contributed by atoms with Crippen LogP contribution < -0.4 is 10.6 Å². The molecule has 0 aromatic heterocycles. The fourth-order valence-electron chi connectivity index (χ4n) is 2.52. The summed E-state index contributed by atoms with van der Waals surface area (Å²) in [5.74, 6) is -1.10. The molecule has 4 nitrogen and oxygen atoms in total. The largest absolute Gasteiger partial charge is 0.350 e. The van der Waals surface area contributed by atoms with Crippen LogP contribution in [0.1, 0.15) is 35.3 Å². The Morgan fingerprint density at radius 3 is 2.32 bits per heavy atom. The molecule has 0 saturated carbocycles. The van der Waals surface area contributed by atoms with E-state index in [1.165, 1.54) is 6.07 Å². The molecule has 2 aromatic carbocycles. The van der Waals surface area contributed by atoms with Crippen molar-refractivity contribution in [2.75, 3.05) is 0 Å². The number of halogens is 1. The van der Waals surface area contributed by atoms with E-state index in [4.69, 9.17) is 0 Å². The Morgan fingerprint density at radius 2 is 1.68 bits per heavy atom. The van der Waals surface area contributed by atoms with Gasteiger partial charge in [-0.3, -0.25) is 9.59 Å². The van der Waals surface area contributed by atoms with Crippen LogP contribution in [0.25, 0.3) is 0 Å². The lowest BCUT2D eigenvalue weighted by Gasteiger charge is -2.22. The van der Waals surface area contributed by atoms with Crippen LogP contribution in [0.2, 0.25) is 0 Å². The lowest BCUT2D eigenvalue weighted by atomic mass is 10.0. The molecule has 2 N–H and O–H groups in total. The summed E-state index contributed by atoms with van der Waals surface area (Å²) in [6.07, 6.45) is 0. The summed E-state index contributed by atoms with van der Waals surface area (Å²) in [6.45, 7) is 5.63. The van der Waals surface area contributed by atoms with E-state index in [0.717, 1.165) is 5.56 Å². The third kappa shape index (κ3) is 4.89. The highest BCUT2D eigenvalue weighted by Crippen LogP contribution is 2.10. The molecule has 0 fully saturated rings. The normalized spacial score (nSPS) is 11.9. The van der Waals surface area contributed by atoms with E-state index in [2.05, 4.69) is 10.6 Å². The van der Waals surface area contributed by atoms with Crippen molar-refractivity contribution in [3.05, 3.63) is 71.0 Å². The van der Waals surface area contributed by atoms with Crippen molar-refractivity contribution in [1.82, 2.24) is 10.6 Å². The highest BCUT2D eigenvalue weighted by atomic mass is 19.1. The summed E-state index contributed by atoms with van der Waals surface area (Å²) in [5, 5.41) is 5.48. The monoisotopic (exact) mass is 342 g/mol. The number of hydrogen-bond donors (Lipinski definition) is 2. The van der Waals surface area contributed by atoms with Crippen molar-refractivity contribution in [2.45, 2.75) is 33.4 Å². The first-order valence-corrected chi connectivity index (χ1v) is 8.27. The minimum absolute atomic E-state index is 0.0783. The number of hydrogen-bond acceptors (Lipinski definition) is 2. The smallest absolute Gasteiger partial charge is 0.252 e. The highest BCUT2D eigenvalue weighted by Gasteiger charge is 2.25. The molecule has 2 rings (SSSR count). The molecule has 2 amide bonds. The van der Waals surface area contributed by atoms with Crippen LogP contribution in [0.15, 0.2) is 48.5 Å². The molecule has 2 aromatic rings. The van der Waals surface area contributed by atoms with Gasteiger partial charge in [0.25, 0.3) is 5.91 Å². The van der Waals surface area contributed by atoms with Gasteiger partial charge in [0.2, 0.25) is 5.91 Å². The van der Waals surface area contributed by atoms with Gasteiger partial charge in [0.15, 0.2) is 0 Å². The molecule has 132 valence electrons. The second kappa shape index (κ2) is 8.42. The van der Waals surface area contributed by atoms with Crippen LogP contribution in [-0.2, 0) is 11.3 Å². The van der Waals surface area contributed by atoms with Crippen molar-refractivity contribution in [2.24, 2.45) is 5.92 Å². The van der Waals surface area contributed by atoms with Gasteiger partial charge in [-0.15, -0.1) is 0 Å². The minimum Gasteiger partial charge on any atom is -0.350 e. The van der Waals surface area contributed by atoms with Gasteiger partial charge in [0.05, 0.1) is 0 Å². The van der Waals surface area contributed by atoms with E-state index in [0.29, 0.717) is 11.1 Å². The molecule has 0 heterocycles. The Labute approximate surface area is 147 Å². The number of aryl methyl sites for hydroxylation is 1. The van der Waals surface area contributed by atoms with Crippen LogP contribution in [-0.4, -0.2) is 17.9 Å². The number of nitrogens with one attached hydrogen (secondary N) is 2. The molecule has 0 aliphatic rings. The summed E-state index contributed by atoms with van der Waals surface area (Å²) in [5.41, 5.74) is 1.79. The molecule has 0 aliphatic carbocycles. The third-order valence-corrected chi connectivity index (χ3v) is 4.04. The second-order valence-electron chi connectivity index (χ2n) is 6.32. The Hall–Kier alpha value is -2.69. The van der Waals surface area contributed by atoms with Gasteiger partial charge in [0.1, 0.15) is 11.9 Å². The summed E-state index contributed by atoms with van der Waals surface area (Å²) < 4.78 is 13.7. The molecule has 1 atom stereocenters. The summed E-state index contributed by atoms with van der Waals surface area (Å²) in [6, 6.07) is 12.8. The molecule has 5 heteroatoms. The Kier molecular flexibility index (Phi) is 6.28. The van der Waals surface area contributed by atoms with Gasteiger partial charge in [-0.25, -0.2) is 4.39 Å². The first kappa shape index (κ1) is 18.6. The zero-order valence-electron chi connectivity index (χ0n) is 14.7.